The third-order valence-corrected chi connectivity index (χ3v) is 32.7. The summed E-state index contributed by atoms with van der Waals surface area (Å²) in [6.07, 6.45) is 0. The van der Waals surface area contributed by atoms with Crippen molar-refractivity contribution in [1.29, 1.82) is 0 Å². The minimum atomic E-state index is 0.649. The van der Waals surface area contributed by atoms with E-state index in [1.54, 1.807) is 0 Å². The van der Waals surface area contributed by atoms with Gasteiger partial charge in [-0.25, -0.2) is 34.9 Å². The molecule has 0 saturated heterocycles. The maximum Gasteiger partial charge on any atom is 0.164 e. The normalized spacial score (nSPS) is 11.8. The number of para-hydroxylation sites is 10. The quantitative estimate of drug-likeness (QED) is 0.142. The first-order valence-electron chi connectivity index (χ1n) is 49.8. The lowest BCUT2D eigenvalue weighted by molar-refractivity contribution is 1.07. The van der Waals surface area contributed by atoms with Gasteiger partial charge in [0.2, 0.25) is 0 Å². The summed E-state index contributed by atoms with van der Waals surface area (Å²) in [5, 5.41) is 21.0. The van der Waals surface area contributed by atoms with Crippen molar-refractivity contribution in [2.45, 2.75) is 0 Å². The van der Waals surface area contributed by atoms with Crippen molar-refractivity contribution in [1.82, 2.24) is 48.1 Å². The van der Waals surface area contributed by atoms with Crippen molar-refractivity contribution >= 4 is 220 Å². The van der Waals surface area contributed by atoms with Gasteiger partial charge in [-0.15, -0.1) is 34.0 Å². The fourth-order valence-corrected chi connectivity index (χ4v) is 26.0. The fraction of sp³-hybridized carbons (Fsp3) is 0. The lowest BCUT2D eigenvalue weighted by Gasteiger charge is -2.13. The minimum Gasteiger partial charge on any atom is -0.307 e. The smallest absolute Gasteiger partial charge is 0.164 e. The molecule has 0 aliphatic heterocycles. The standard InChI is InChI=1S/C48H29N3S.C45H28N4S.C42H25N3S/c1-2-12-30(13-3-1)31-24-26-33(27-25-31)45-37-16-6-7-21-40(37)49-48(50-45)39-20-11-18-36-35-17-10-19-38-44-34-15-5-4-14-32(34)28-29-42(44)51(46(35)38)41-22-8-9-23-43(41)52-47(36)39;1-3-13-30(14-4-1)43-46-44(31-15-5-2-6-16-31)48-45(47-43)32-27-25-29(26-28-32)33-18-11-21-37-36-20-12-19-35-34-17-7-8-22-38(34)49(41(35)36)39-23-9-10-24-40(39)50-42(33)37;1-2-13-27(14-3-1)39-40(44-34-21-7-6-20-33(34)43-39)32-19-11-17-30-29-16-10-18-31-38-28-15-5-4-12-26(28)24-25-36(38)45(41(29)31)35-22-8-9-23-37(35)46-42(30)32/h1-29H;1-28H;1-25H. The molecule has 31 aromatic rings. The molecule has 31 rings (SSSR count). The van der Waals surface area contributed by atoms with Crippen molar-refractivity contribution < 1.29 is 0 Å². The number of hydrogen-bond acceptors (Lipinski definition) is 10. The first kappa shape index (κ1) is 85.8. The SMILES string of the molecule is c1ccc(-c2ccc(-c3nc(-c4cccc5c4sc4ccccc4n4c6ccc7ccccc7c6c6cccc5c64)nc4ccccc34)cc2)cc1.c1ccc(-c2nc(-c3ccccc3)nc(-c3ccc(-c4cccc5c4sc4ccccc4n4c6ccccc6c6cccc5c64)cc3)n2)cc1.c1ccc(-c2nc3ccccc3nc2-c2cccc3c2sc2ccccc2n2c4ccc5ccccc5c4c4cccc3c42)cc1. The van der Waals surface area contributed by atoms with Crippen LogP contribution in [0.1, 0.15) is 0 Å². The van der Waals surface area contributed by atoms with Crippen LogP contribution in [0.4, 0.5) is 0 Å². The maximum absolute atomic E-state index is 5.39. The number of hydrogen-bond donors (Lipinski definition) is 0. The summed E-state index contributed by atoms with van der Waals surface area (Å²) >= 11 is 5.47. The van der Waals surface area contributed by atoms with E-state index < -0.39 is 0 Å². The highest BCUT2D eigenvalue weighted by Crippen LogP contribution is 2.50. The Kier molecular flexibility index (Phi) is 20.7. The lowest BCUT2D eigenvalue weighted by atomic mass is 10.00. The average Bonchev–Trinajstić information content (AvgIpc) is 1.61. The highest BCUT2D eigenvalue weighted by atomic mass is 32.1. The number of aromatic nitrogens is 10. The first-order chi connectivity index (χ1) is 73.4. The Balaban J connectivity index is 0.000000105. The fourth-order valence-electron chi connectivity index (χ4n) is 22.4. The summed E-state index contributed by atoms with van der Waals surface area (Å²) in [5.41, 5.74) is 28.2. The summed E-state index contributed by atoms with van der Waals surface area (Å²) in [6.45, 7) is 0. The molecule has 0 atom stereocenters. The summed E-state index contributed by atoms with van der Waals surface area (Å²) in [5.74, 6) is 2.69. The van der Waals surface area contributed by atoms with Crippen molar-refractivity contribution in [2.75, 3.05) is 0 Å². The van der Waals surface area contributed by atoms with Gasteiger partial charge in [-0.3, -0.25) is 0 Å². The molecule has 0 spiro atoms. The molecule has 0 radical (unpaired) electrons. The molecule has 0 fully saturated rings. The molecule has 0 saturated carbocycles. The molecule has 9 heterocycles. The topological polar surface area (TPSA) is 103 Å². The van der Waals surface area contributed by atoms with Gasteiger partial charge in [0.15, 0.2) is 23.3 Å². The second kappa shape index (κ2) is 35.6. The maximum atomic E-state index is 5.39. The van der Waals surface area contributed by atoms with E-state index in [2.05, 4.69) is 426 Å². The van der Waals surface area contributed by atoms with Crippen molar-refractivity contribution in [3.05, 3.63) is 497 Å². The number of rotatable bonds is 9. The molecule has 9 aromatic heterocycles. The van der Waals surface area contributed by atoms with Crippen LogP contribution in [-0.2, 0) is 0 Å². The third kappa shape index (κ3) is 14.4. The largest absolute Gasteiger partial charge is 0.307 e. The minimum absolute atomic E-state index is 0.649. The predicted octanol–water partition coefficient (Wildman–Crippen LogP) is 36.9. The summed E-state index contributed by atoms with van der Waals surface area (Å²) in [4.78, 5) is 35.9. The number of benzene rings is 22. The third-order valence-electron chi connectivity index (χ3n) is 29.1. The molecule has 0 unspecified atom stereocenters. The van der Waals surface area contributed by atoms with Crippen molar-refractivity contribution in [2.24, 2.45) is 0 Å². The average molecular weight is 1940 g/mol. The van der Waals surface area contributed by atoms with Gasteiger partial charge in [-0.2, -0.15) is 0 Å². The van der Waals surface area contributed by atoms with Gasteiger partial charge in [0, 0.05) is 123 Å². The van der Waals surface area contributed by atoms with E-state index in [1.807, 2.05) is 119 Å². The van der Waals surface area contributed by atoms with Crippen LogP contribution in [0.15, 0.2) is 497 Å². The van der Waals surface area contributed by atoms with Gasteiger partial charge in [-0.05, 0) is 123 Å². The second-order valence-corrected chi connectivity index (χ2v) is 40.7. The van der Waals surface area contributed by atoms with E-state index in [1.165, 1.54) is 176 Å². The monoisotopic (exact) mass is 1940 g/mol. The zero-order valence-corrected chi connectivity index (χ0v) is 82.0. The molecule has 13 heteroatoms. The van der Waals surface area contributed by atoms with Gasteiger partial charge in [0.25, 0.3) is 0 Å². The van der Waals surface area contributed by atoms with Crippen LogP contribution in [0.25, 0.3) is 288 Å². The molecule has 22 aromatic carbocycles. The highest BCUT2D eigenvalue weighted by molar-refractivity contribution is 7.25. The summed E-state index contributed by atoms with van der Waals surface area (Å²) in [7, 11) is 0. The number of fused-ring (bicyclic) bond motifs is 27. The van der Waals surface area contributed by atoms with Crippen LogP contribution in [0.2, 0.25) is 0 Å². The van der Waals surface area contributed by atoms with Gasteiger partial charge < -0.3 is 13.2 Å². The first-order valence-corrected chi connectivity index (χ1v) is 52.3. The molecule has 0 aliphatic rings. The van der Waals surface area contributed by atoms with E-state index in [9.17, 15) is 0 Å². The molecular weight excluding hydrogens is 1860 g/mol. The summed E-state index contributed by atoms with van der Waals surface area (Å²) in [6, 6.07) is 177. The Labute approximate surface area is 860 Å². The van der Waals surface area contributed by atoms with E-state index in [0.29, 0.717) is 17.5 Å². The predicted molar refractivity (Wildman–Crippen MR) is 626 cm³/mol. The van der Waals surface area contributed by atoms with Gasteiger partial charge in [0.05, 0.1) is 97.4 Å². The Bertz CT molecular complexity index is 10900. The lowest BCUT2D eigenvalue weighted by Crippen LogP contribution is -2.00. The van der Waals surface area contributed by atoms with Crippen LogP contribution in [-0.4, -0.2) is 48.1 Å². The molecule has 0 bridgehead atoms. The van der Waals surface area contributed by atoms with E-state index in [0.717, 1.165) is 94.1 Å². The van der Waals surface area contributed by atoms with Gasteiger partial charge in [0.1, 0.15) is 0 Å². The van der Waals surface area contributed by atoms with Crippen LogP contribution in [0.3, 0.4) is 0 Å². The van der Waals surface area contributed by atoms with Crippen LogP contribution in [0, 0.1) is 0 Å². The Morgan fingerprint density at radius 2 is 0.466 bits per heavy atom. The van der Waals surface area contributed by atoms with Crippen LogP contribution >= 0.6 is 34.0 Å². The summed E-state index contributed by atoms with van der Waals surface area (Å²) < 4.78 is 14.6. The van der Waals surface area contributed by atoms with Gasteiger partial charge in [-0.1, -0.05) is 419 Å². The zero-order valence-electron chi connectivity index (χ0n) is 79.5. The molecule has 0 amide bonds. The molecular formula is C135H82N10S3. The number of nitrogens with zero attached hydrogens (tertiary/aromatic N) is 10. The zero-order chi connectivity index (χ0) is 97.4. The molecule has 690 valence electrons. The molecule has 0 N–H and O–H groups in total. The Hall–Kier alpha value is -18.9. The molecule has 0 aliphatic carbocycles. The molecule has 10 nitrogen and oxygen atoms in total. The van der Waals surface area contributed by atoms with Gasteiger partial charge >= 0.3 is 0 Å². The van der Waals surface area contributed by atoms with Crippen molar-refractivity contribution in [3.63, 3.8) is 0 Å². The highest BCUT2D eigenvalue weighted by Gasteiger charge is 2.26. The van der Waals surface area contributed by atoms with Crippen LogP contribution < -0.4 is 0 Å². The Morgan fingerprint density at radius 3 is 0.980 bits per heavy atom. The van der Waals surface area contributed by atoms with E-state index in [4.69, 9.17) is 34.9 Å². The van der Waals surface area contributed by atoms with E-state index >= 15 is 0 Å². The van der Waals surface area contributed by atoms with E-state index in [-0.39, 0.29) is 0 Å². The van der Waals surface area contributed by atoms with Crippen molar-refractivity contribution in [3.8, 4) is 102 Å². The Morgan fingerprint density at radius 1 is 0.149 bits per heavy atom. The second-order valence-electron chi connectivity index (χ2n) is 37.5. The molecule has 148 heavy (non-hydrogen) atoms. The van der Waals surface area contributed by atoms with Crippen LogP contribution in [0.5, 0.6) is 0 Å².